The second-order valence-electron chi connectivity index (χ2n) is 4.89. The monoisotopic (exact) mass is 290 g/mol. The van der Waals surface area contributed by atoms with Gasteiger partial charge in [-0.3, -0.25) is 9.59 Å². The zero-order valence-corrected chi connectivity index (χ0v) is 11.2. The summed E-state index contributed by atoms with van der Waals surface area (Å²) >= 11 is 0. The predicted octanol–water partition coefficient (Wildman–Crippen LogP) is 0.873. The minimum Gasteiger partial charge on any atom is -0.465 e. The summed E-state index contributed by atoms with van der Waals surface area (Å²) in [5.74, 6) is 0.0803. The first-order chi connectivity index (χ1) is 10.1. The Morgan fingerprint density at radius 1 is 1.38 bits per heavy atom. The molecule has 21 heavy (non-hydrogen) atoms. The second kappa shape index (κ2) is 5.43. The number of furan rings is 1. The Kier molecular flexibility index (Phi) is 3.47. The summed E-state index contributed by atoms with van der Waals surface area (Å²) < 4.78 is 9.80. The molecule has 7 nitrogen and oxygen atoms in total. The molecule has 110 valence electrons. The molecule has 2 aliphatic heterocycles. The maximum Gasteiger partial charge on any atom is 0.417 e. The van der Waals surface area contributed by atoms with Gasteiger partial charge in [0.15, 0.2) is 6.61 Å². The van der Waals surface area contributed by atoms with Crippen LogP contribution in [0.25, 0.3) is 6.08 Å². The minimum atomic E-state index is -0.620. The molecule has 0 bridgehead atoms. The van der Waals surface area contributed by atoms with Gasteiger partial charge in [-0.05, 0) is 24.6 Å². The Labute approximate surface area is 120 Å². The van der Waals surface area contributed by atoms with Gasteiger partial charge in [0.1, 0.15) is 5.76 Å². The van der Waals surface area contributed by atoms with Crippen molar-refractivity contribution in [3.63, 3.8) is 0 Å². The lowest BCUT2D eigenvalue weighted by Crippen LogP contribution is -2.41. The third kappa shape index (κ3) is 2.67. The van der Waals surface area contributed by atoms with Crippen molar-refractivity contribution in [2.75, 3.05) is 19.7 Å². The molecule has 0 aromatic carbocycles. The number of ether oxygens (including phenoxy) is 1. The summed E-state index contributed by atoms with van der Waals surface area (Å²) in [6.07, 6.45) is 4.49. The van der Waals surface area contributed by atoms with Crippen molar-refractivity contribution >= 4 is 24.0 Å². The molecule has 0 N–H and O–H groups in total. The van der Waals surface area contributed by atoms with Crippen LogP contribution in [0.2, 0.25) is 0 Å². The fourth-order valence-electron chi connectivity index (χ4n) is 2.51. The van der Waals surface area contributed by atoms with Crippen molar-refractivity contribution in [3.05, 3.63) is 30.2 Å². The van der Waals surface area contributed by atoms with Crippen LogP contribution in [0.1, 0.15) is 12.2 Å². The van der Waals surface area contributed by atoms with Crippen LogP contribution in [0, 0.1) is 0 Å². The largest absolute Gasteiger partial charge is 0.465 e. The van der Waals surface area contributed by atoms with Gasteiger partial charge in [0.05, 0.1) is 12.3 Å². The third-order valence-electron chi connectivity index (χ3n) is 3.56. The summed E-state index contributed by atoms with van der Waals surface area (Å²) in [5.41, 5.74) is 0. The van der Waals surface area contributed by atoms with E-state index in [0.717, 1.165) is 4.90 Å². The van der Waals surface area contributed by atoms with E-state index >= 15 is 0 Å². The normalized spacial score (nSPS) is 22.4. The number of nitrogens with zero attached hydrogens (tertiary/aromatic N) is 2. The quantitative estimate of drug-likeness (QED) is 0.772. The fourth-order valence-corrected chi connectivity index (χ4v) is 2.51. The van der Waals surface area contributed by atoms with Gasteiger partial charge in [0.25, 0.3) is 5.91 Å². The van der Waals surface area contributed by atoms with Gasteiger partial charge in [-0.2, -0.15) is 0 Å². The van der Waals surface area contributed by atoms with Crippen molar-refractivity contribution < 1.29 is 23.5 Å². The second-order valence-corrected chi connectivity index (χ2v) is 4.89. The summed E-state index contributed by atoms with van der Waals surface area (Å²) in [7, 11) is 0. The van der Waals surface area contributed by atoms with E-state index in [4.69, 9.17) is 4.42 Å². The molecule has 7 heteroatoms. The summed E-state index contributed by atoms with van der Waals surface area (Å²) in [5, 5.41) is 0. The van der Waals surface area contributed by atoms with Gasteiger partial charge in [-0.15, -0.1) is 0 Å². The molecule has 0 radical (unpaired) electrons. The van der Waals surface area contributed by atoms with E-state index in [0.29, 0.717) is 25.3 Å². The first kappa shape index (κ1) is 13.4. The lowest BCUT2D eigenvalue weighted by molar-refractivity contribution is -0.128. The van der Waals surface area contributed by atoms with Crippen LogP contribution >= 0.6 is 0 Å². The van der Waals surface area contributed by atoms with E-state index in [1.54, 1.807) is 23.1 Å². The number of carbonyl (C=O) groups is 3. The van der Waals surface area contributed by atoms with Crippen molar-refractivity contribution in [2.24, 2.45) is 0 Å². The summed E-state index contributed by atoms with van der Waals surface area (Å²) in [6.45, 7) is 0.632. The lowest BCUT2D eigenvalue weighted by Gasteiger charge is -2.19. The number of rotatable bonds is 3. The summed E-state index contributed by atoms with van der Waals surface area (Å²) in [6, 6.07) is 3.18. The van der Waals surface area contributed by atoms with Gasteiger partial charge >= 0.3 is 6.09 Å². The Hall–Kier alpha value is -2.57. The number of likely N-dealkylation sites (tertiary alicyclic amines) is 1. The maximum absolute atomic E-state index is 12.0. The van der Waals surface area contributed by atoms with Crippen molar-refractivity contribution in [1.82, 2.24) is 9.80 Å². The zero-order chi connectivity index (χ0) is 14.8. The molecule has 2 saturated heterocycles. The zero-order valence-electron chi connectivity index (χ0n) is 11.2. The molecule has 0 spiro atoms. The number of hydrogen-bond acceptors (Lipinski definition) is 5. The van der Waals surface area contributed by atoms with Crippen LogP contribution in [0.3, 0.4) is 0 Å². The van der Waals surface area contributed by atoms with E-state index in [-0.39, 0.29) is 24.5 Å². The molecule has 3 rings (SSSR count). The van der Waals surface area contributed by atoms with Crippen LogP contribution in [-0.4, -0.2) is 53.4 Å². The van der Waals surface area contributed by atoms with E-state index in [2.05, 4.69) is 4.74 Å². The highest BCUT2D eigenvalue weighted by Crippen LogP contribution is 2.20. The predicted molar refractivity (Wildman–Crippen MR) is 70.9 cm³/mol. The van der Waals surface area contributed by atoms with Gasteiger partial charge in [0.2, 0.25) is 5.91 Å². The molecule has 1 atom stereocenters. The Morgan fingerprint density at radius 3 is 2.90 bits per heavy atom. The van der Waals surface area contributed by atoms with Gasteiger partial charge in [0, 0.05) is 19.2 Å². The molecule has 0 aliphatic carbocycles. The number of amides is 3. The van der Waals surface area contributed by atoms with Gasteiger partial charge in [-0.25, -0.2) is 9.69 Å². The molecule has 3 amide bonds. The third-order valence-corrected chi connectivity index (χ3v) is 3.56. The highest BCUT2D eigenvalue weighted by atomic mass is 16.6. The smallest absolute Gasteiger partial charge is 0.417 e. The molecule has 3 heterocycles. The molecular weight excluding hydrogens is 276 g/mol. The topological polar surface area (TPSA) is 80.1 Å². The Morgan fingerprint density at radius 2 is 2.24 bits per heavy atom. The molecular formula is C14H14N2O5. The number of imide groups is 1. The van der Waals surface area contributed by atoms with Gasteiger partial charge < -0.3 is 14.1 Å². The van der Waals surface area contributed by atoms with E-state index < -0.39 is 6.09 Å². The lowest BCUT2D eigenvalue weighted by atomic mass is 10.2. The number of carbonyl (C=O) groups excluding carboxylic acids is 3. The van der Waals surface area contributed by atoms with Crippen LogP contribution in [-0.2, 0) is 14.3 Å². The van der Waals surface area contributed by atoms with E-state index in [1.165, 1.54) is 12.3 Å². The molecule has 0 saturated carbocycles. The van der Waals surface area contributed by atoms with Crippen LogP contribution in [0.15, 0.2) is 28.9 Å². The van der Waals surface area contributed by atoms with Crippen LogP contribution in [0.4, 0.5) is 4.79 Å². The molecule has 2 fully saturated rings. The molecule has 1 aromatic heterocycles. The van der Waals surface area contributed by atoms with Crippen molar-refractivity contribution in [3.8, 4) is 0 Å². The highest BCUT2D eigenvalue weighted by molar-refractivity contribution is 5.98. The highest BCUT2D eigenvalue weighted by Gasteiger charge is 2.40. The summed E-state index contributed by atoms with van der Waals surface area (Å²) in [4.78, 5) is 37.8. The first-order valence-electron chi connectivity index (χ1n) is 6.64. The Bertz CT molecular complexity index is 577. The maximum atomic E-state index is 12.0. The number of cyclic esters (lactones) is 1. The molecule has 1 unspecified atom stereocenters. The van der Waals surface area contributed by atoms with Crippen LogP contribution in [0.5, 0.6) is 0 Å². The average Bonchev–Trinajstić information content (AvgIpc) is 3.18. The first-order valence-corrected chi connectivity index (χ1v) is 6.64. The van der Waals surface area contributed by atoms with E-state index in [9.17, 15) is 14.4 Å². The van der Waals surface area contributed by atoms with Crippen LogP contribution < -0.4 is 0 Å². The standard InChI is InChI=1S/C14H14N2O5/c17-12(4-3-11-2-1-7-20-11)15-6-5-10(8-15)16-13(18)9-21-14(16)19/h1-4,7,10H,5-6,8-9H2/b4-3+. The van der Waals surface area contributed by atoms with Gasteiger partial charge in [-0.1, -0.05) is 0 Å². The minimum absolute atomic E-state index is 0.172. The van der Waals surface area contributed by atoms with E-state index in [1.807, 2.05) is 0 Å². The fraction of sp³-hybridized carbons (Fsp3) is 0.357. The average molecular weight is 290 g/mol. The molecule has 1 aromatic rings. The van der Waals surface area contributed by atoms with Crippen molar-refractivity contribution in [2.45, 2.75) is 12.5 Å². The SMILES string of the molecule is O=C(/C=C/c1ccco1)N1CCC(N2C(=O)COC2=O)C1. The molecule has 2 aliphatic rings. The van der Waals surface area contributed by atoms with Crippen molar-refractivity contribution in [1.29, 1.82) is 0 Å². The Balaban J connectivity index is 1.60. The number of hydrogen-bond donors (Lipinski definition) is 0.